The van der Waals surface area contributed by atoms with Crippen molar-refractivity contribution in [2.24, 2.45) is 5.41 Å². The third-order valence-electron chi connectivity index (χ3n) is 2.35. The fourth-order valence-electron chi connectivity index (χ4n) is 1.60. The number of hydrogen-bond donors (Lipinski definition) is 2. The Morgan fingerprint density at radius 1 is 1.24 bits per heavy atom. The second kappa shape index (κ2) is 6.24. The van der Waals surface area contributed by atoms with Crippen molar-refractivity contribution in [1.82, 2.24) is 10.2 Å². The maximum Gasteiger partial charge on any atom is 0.317 e. The molecule has 0 aliphatic carbocycles. The molecule has 0 rings (SSSR count). The number of carbonyl (C=O) groups excluding carboxylic acids is 1. The van der Waals surface area contributed by atoms with E-state index in [0.29, 0.717) is 18.5 Å². The normalized spacial score (nSPS) is 12.4. The van der Waals surface area contributed by atoms with Crippen LogP contribution in [0.25, 0.3) is 0 Å². The fraction of sp³-hybridized carbons (Fsp3) is 0.923. The van der Waals surface area contributed by atoms with Crippen LogP contribution in [0.2, 0.25) is 0 Å². The van der Waals surface area contributed by atoms with Crippen LogP contribution in [0.4, 0.5) is 4.79 Å². The molecule has 2 N–H and O–H groups in total. The van der Waals surface area contributed by atoms with E-state index in [1.807, 2.05) is 0 Å². The molecule has 102 valence electrons. The van der Waals surface area contributed by atoms with Gasteiger partial charge in [-0.3, -0.25) is 0 Å². The molecular weight excluding hydrogens is 216 g/mol. The molecule has 4 heteroatoms. The molecule has 0 bridgehead atoms. The summed E-state index contributed by atoms with van der Waals surface area (Å²) in [5.41, 5.74) is -0.540. The van der Waals surface area contributed by atoms with Gasteiger partial charge in [0.15, 0.2) is 0 Å². The summed E-state index contributed by atoms with van der Waals surface area (Å²) in [6.07, 6.45) is 2.06. The Morgan fingerprint density at radius 3 is 2.18 bits per heavy atom. The van der Waals surface area contributed by atoms with Gasteiger partial charge in [-0.05, 0) is 32.1 Å². The molecule has 0 aliphatic heterocycles. The second-order valence-corrected chi connectivity index (χ2v) is 6.56. The van der Waals surface area contributed by atoms with Gasteiger partial charge in [0.05, 0.1) is 12.1 Å². The van der Waals surface area contributed by atoms with Crippen LogP contribution in [0.15, 0.2) is 0 Å². The quantitative estimate of drug-likeness (QED) is 0.729. The van der Waals surface area contributed by atoms with E-state index in [4.69, 9.17) is 0 Å². The Morgan fingerprint density at radius 2 is 1.76 bits per heavy atom. The van der Waals surface area contributed by atoms with Crippen molar-refractivity contribution >= 4 is 6.03 Å². The lowest BCUT2D eigenvalue weighted by Gasteiger charge is -2.26. The van der Waals surface area contributed by atoms with E-state index in [2.05, 4.69) is 26.1 Å². The number of urea groups is 1. The minimum Gasteiger partial charge on any atom is -0.389 e. The molecular formula is C13H28N2O2. The first-order chi connectivity index (χ1) is 7.51. The highest BCUT2D eigenvalue weighted by molar-refractivity contribution is 5.73. The molecule has 0 fully saturated rings. The van der Waals surface area contributed by atoms with Crippen molar-refractivity contribution in [3.8, 4) is 0 Å². The number of likely N-dealkylation sites (N-methyl/N-ethyl adjacent to an activating group) is 1. The van der Waals surface area contributed by atoms with Gasteiger partial charge in [0.25, 0.3) is 0 Å². The number of rotatable bonds is 5. The van der Waals surface area contributed by atoms with Gasteiger partial charge in [-0.2, -0.15) is 0 Å². The van der Waals surface area contributed by atoms with Crippen LogP contribution >= 0.6 is 0 Å². The van der Waals surface area contributed by atoms with Crippen LogP contribution < -0.4 is 5.32 Å². The predicted molar refractivity (Wildman–Crippen MR) is 71.0 cm³/mol. The van der Waals surface area contributed by atoms with E-state index in [0.717, 1.165) is 12.8 Å². The summed E-state index contributed by atoms with van der Waals surface area (Å²) in [4.78, 5) is 13.2. The zero-order valence-electron chi connectivity index (χ0n) is 12.1. The predicted octanol–water partition coefficient (Wildman–Crippen LogP) is 2.22. The molecule has 0 atom stereocenters. The SMILES string of the molecule is CN(CC(C)(C)O)C(=O)NCCCC(C)(C)C. The summed E-state index contributed by atoms with van der Waals surface area (Å²) in [5.74, 6) is 0. The van der Waals surface area contributed by atoms with Gasteiger partial charge in [-0.15, -0.1) is 0 Å². The van der Waals surface area contributed by atoms with Gasteiger partial charge < -0.3 is 15.3 Å². The Labute approximate surface area is 105 Å². The summed E-state index contributed by atoms with van der Waals surface area (Å²) < 4.78 is 0. The molecule has 0 aromatic rings. The topological polar surface area (TPSA) is 52.6 Å². The van der Waals surface area contributed by atoms with Crippen LogP contribution in [0, 0.1) is 5.41 Å². The summed E-state index contributed by atoms with van der Waals surface area (Å²) in [6.45, 7) is 11.0. The van der Waals surface area contributed by atoms with Crippen molar-refractivity contribution in [2.75, 3.05) is 20.1 Å². The van der Waals surface area contributed by atoms with Crippen LogP contribution in [-0.2, 0) is 0 Å². The first-order valence-corrected chi connectivity index (χ1v) is 6.23. The van der Waals surface area contributed by atoms with Crippen molar-refractivity contribution in [3.63, 3.8) is 0 Å². The second-order valence-electron chi connectivity index (χ2n) is 6.56. The molecule has 0 heterocycles. The molecule has 4 nitrogen and oxygen atoms in total. The summed E-state index contributed by atoms with van der Waals surface area (Å²) >= 11 is 0. The molecule has 17 heavy (non-hydrogen) atoms. The van der Waals surface area contributed by atoms with E-state index >= 15 is 0 Å². The molecule has 0 aromatic heterocycles. The summed E-state index contributed by atoms with van der Waals surface area (Å²) in [6, 6.07) is -0.124. The van der Waals surface area contributed by atoms with E-state index in [9.17, 15) is 9.90 Å². The average molecular weight is 244 g/mol. The first kappa shape index (κ1) is 16.2. The first-order valence-electron chi connectivity index (χ1n) is 6.23. The molecule has 2 amide bonds. The van der Waals surface area contributed by atoms with E-state index in [1.54, 1.807) is 20.9 Å². The zero-order chi connectivity index (χ0) is 13.7. The van der Waals surface area contributed by atoms with Crippen molar-refractivity contribution in [1.29, 1.82) is 0 Å². The van der Waals surface area contributed by atoms with Crippen molar-refractivity contribution < 1.29 is 9.90 Å². The molecule has 0 aromatic carbocycles. The molecule has 0 unspecified atom stereocenters. The summed E-state index contributed by atoms with van der Waals surface area (Å²) in [7, 11) is 1.69. The number of nitrogens with zero attached hydrogens (tertiary/aromatic N) is 1. The Hall–Kier alpha value is -0.770. The number of amides is 2. The monoisotopic (exact) mass is 244 g/mol. The van der Waals surface area contributed by atoms with Gasteiger partial charge in [0.2, 0.25) is 0 Å². The standard InChI is InChI=1S/C13H28N2O2/c1-12(2,3)8-7-9-14-11(16)15(6)10-13(4,5)17/h17H,7-10H2,1-6H3,(H,14,16). The number of aliphatic hydroxyl groups is 1. The lowest BCUT2D eigenvalue weighted by Crippen LogP contribution is -2.44. The highest BCUT2D eigenvalue weighted by atomic mass is 16.3. The minimum atomic E-state index is -0.850. The maximum absolute atomic E-state index is 11.6. The number of hydrogen-bond acceptors (Lipinski definition) is 2. The highest BCUT2D eigenvalue weighted by Crippen LogP contribution is 2.19. The van der Waals surface area contributed by atoms with E-state index in [1.165, 1.54) is 4.90 Å². The van der Waals surface area contributed by atoms with Crippen LogP contribution in [0.1, 0.15) is 47.5 Å². The average Bonchev–Trinajstić information content (AvgIpc) is 2.07. The smallest absolute Gasteiger partial charge is 0.317 e. The lowest BCUT2D eigenvalue weighted by atomic mass is 9.91. The largest absolute Gasteiger partial charge is 0.389 e. The molecule has 0 saturated carbocycles. The lowest BCUT2D eigenvalue weighted by molar-refractivity contribution is 0.0532. The molecule has 0 aliphatic rings. The van der Waals surface area contributed by atoms with Crippen LogP contribution in [0.5, 0.6) is 0 Å². The molecule has 0 saturated heterocycles. The molecule has 0 spiro atoms. The fourth-order valence-corrected chi connectivity index (χ4v) is 1.60. The van der Waals surface area contributed by atoms with Crippen LogP contribution in [-0.4, -0.2) is 41.8 Å². The Bertz CT molecular complexity index is 239. The number of nitrogens with one attached hydrogen (secondary N) is 1. The van der Waals surface area contributed by atoms with Crippen LogP contribution in [0.3, 0.4) is 0 Å². The third kappa shape index (κ3) is 10.1. The Balaban J connectivity index is 3.80. The summed E-state index contributed by atoms with van der Waals surface area (Å²) in [5, 5.41) is 12.4. The molecule has 0 radical (unpaired) electrons. The van der Waals surface area contributed by atoms with Gasteiger partial charge in [0.1, 0.15) is 0 Å². The minimum absolute atomic E-state index is 0.124. The van der Waals surface area contributed by atoms with Gasteiger partial charge >= 0.3 is 6.03 Å². The van der Waals surface area contributed by atoms with Crippen molar-refractivity contribution in [3.05, 3.63) is 0 Å². The highest BCUT2D eigenvalue weighted by Gasteiger charge is 2.19. The number of carbonyl (C=O) groups is 1. The Kier molecular flexibility index (Phi) is 5.96. The van der Waals surface area contributed by atoms with Gasteiger partial charge in [-0.25, -0.2) is 4.79 Å². The maximum atomic E-state index is 11.6. The van der Waals surface area contributed by atoms with Gasteiger partial charge in [0, 0.05) is 13.6 Å². The van der Waals surface area contributed by atoms with E-state index < -0.39 is 5.60 Å². The third-order valence-corrected chi connectivity index (χ3v) is 2.35. The van der Waals surface area contributed by atoms with E-state index in [-0.39, 0.29) is 6.03 Å². The zero-order valence-corrected chi connectivity index (χ0v) is 12.1. The van der Waals surface area contributed by atoms with Crippen molar-refractivity contribution in [2.45, 2.75) is 53.1 Å². The van der Waals surface area contributed by atoms with Gasteiger partial charge in [-0.1, -0.05) is 20.8 Å².